The summed E-state index contributed by atoms with van der Waals surface area (Å²) in [4.78, 5) is 37.4. The number of hydrogen-bond donors (Lipinski definition) is 1. The number of aliphatic carboxylic acids is 1. The molecule has 0 saturated carbocycles. The fraction of sp³-hybridized carbons (Fsp3) is 0.150. The SMILES string of the molecule is CCOc1ccccc1N1C(=O)S/C(=C/c2ccccc2OCC(=O)O)C1=O. The van der Waals surface area contributed by atoms with Crippen LogP contribution < -0.4 is 14.4 Å². The Kier molecular flexibility index (Phi) is 6.00. The number of rotatable bonds is 7. The molecule has 144 valence electrons. The predicted molar refractivity (Wildman–Crippen MR) is 106 cm³/mol. The molecule has 1 aliphatic heterocycles. The van der Waals surface area contributed by atoms with Gasteiger partial charge < -0.3 is 14.6 Å². The summed E-state index contributed by atoms with van der Waals surface area (Å²) in [6.45, 7) is 1.71. The van der Waals surface area contributed by atoms with E-state index in [-0.39, 0.29) is 4.91 Å². The second-order valence-corrected chi connectivity index (χ2v) is 6.63. The molecule has 0 spiro atoms. The lowest BCUT2D eigenvalue weighted by molar-refractivity contribution is -0.139. The molecule has 2 aromatic carbocycles. The van der Waals surface area contributed by atoms with Gasteiger partial charge in [0.2, 0.25) is 0 Å². The molecule has 28 heavy (non-hydrogen) atoms. The number of para-hydroxylation sites is 3. The lowest BCUT2D eigenvalue weighted by atomic mass is 10.2. The number of hydrogen-bond acceptors (Lipinski definition) is 6. The van der Waals surface area contributed by atoms with Gasteiger partial charge in [-0.05, 0) is 43.0 Å². The van der Waals surface area contributed by atoms with Gasteiger partial charge in [0.15, 0.2) is 6.61 Å². The van der Waals surface area contributed by atoms with Crippen LogP contribution in [0.5, 0.6) is 11.5 Å². The minimum atomic E-state index is -1.11. The average molecular weight is 399 g/mol. The molecule has 3 rings (SSSR count). The van der Waals surface area contributed by atoms with Crippen molar-refractivity contribution in [3.63, 3.8) is 0 Å². The summed E-state index contributed by atoms with van der Waals surface area (Å²) in [5, 5.41) is 8.36. The summed E-state index contributed by atoms with van der Waals surface area (Å²) >= 11 is 0.802. The van der Waals surface area contributed by atoms with Crippen LogP contribution in [0, 0.1) is 0 Å². The molecule has 0 bridgehead atoms. The Bertz CT molecular complexity index is 955. The molecular weight excluding hydrogens is 382 g/mol. The molecule has 0 unspecified atom stereocenters. The van der Waals surface area contributed by atoms with Gasteiger partial charge >= 0.3 is 5.97 Å². The van der Waals surface area contributed by atoms with Crippen molar-refractivity contribution < 1.29 is 29.0 Å². The van der Waals surface area contributed by atoms with Gasteiger partial charge in [-0.3, -0.25) is 9.59 Å². The van der Waals surface area contributed by atoms with Crippen molar-refractivity contribution in [2.75, 3.05) is 18.1 Å². The number of carbonyl (C=O) groups is 3. The standard InChI is InChI=1S/C20H17NO6S/c1-2-26-16-10-6-4-8-14(16)21-19(24)17(28-20(21)25)11-13-7-3-5-9-15(13)27-12-18(22)23/h3-11H,2,12H2,1H3,(H,22,23)/b17-11+. The van der Waals surface area contributed by atoms with Crippen LogP contribution in [-0.2, 0) is 9.59 Å². The van der Waals surface area contributed by atoms with Crippen molar-refractivity contribution in [3.8, 4) is 11.5 Å². The molecule has 2 aromatic rings. The zero-order valence-corrected chi connectivity index (χ0v) is 15.8. The Hall–Kier alpha value is -3.26. The Morgan fingerprint density at radius 1 is 1.07 bits per heavy atom. The zero-order chi connectivity index (χ0) is 20.1. The van der Waals surface area contributed by atoms with Crippen molar-refractivity contribution in [1.82, 2.24) is 0 Å². The lowest BCUT2D eigenvalue weighted by Crippen LogP contribution is -2.28. The first-order chi connectivity index (χ1) is 13.5. The number of imide groups is 1. The number of thioether (sulfide) groups is 1. The van der Waals surface area contributed by atoms with Crippen LogP contribution in [0.25, 0.3) is 6.08 Å². The van der Waals surface area contributed by atoms with Crippen LogP contribution in [0.3, 0.4) is 0 Å². The molecule has 1 saturated heterocycles. The fourth-order valence-electron chi connectivity index (χ4n) is 2.61. The van der Waals surface area contributed by atoms with Gasteiger partial charge in [0.25, 0.3) is 11.1 Å². The molecule has 1 aliphatic rings. The number of carboxylic acid groups (broad SMARTS) is 1. The summed E-state index contributed by atoms with van der Waals surface area (Å²) in [6, 6.07) is 13.5. The molecule has 0 aliphatic carbocycles. The molecule has 7 nitrogen and oxygen atoms in total. The van der Waals surface area contributed by atoms with Crippen LogP contribution in [-0.4, -0.2) is 35.4 Å². The lowest BCUT2D eigenvalue weighted by Gasteiger charge is -2.16. The minimum Gasteiger partial charge on any atom is -0.492 e. The van der Waals surface area contributed by atoms with Crippen LogP contribution in [0.2, 0.25) is 0 Å². The van der Waals surface area contributed by atoms with E-state index in [9.17, 15) is 14.4 Å². The van der Waals surface area contributed by atoms with E-state index in [4.69, 9.17) is 14.6 Å². The maximum absolute atomic E-state index is 12.9. The molecular formula is C20H17NO6S. The van der Waals surface area contributed by atoms with Crippen molar-refractivity contribution in [3.05, 3.63) is 59.0 Å². The minimum absolute atomic E-state index is 0.211. The summed E-state index contributed by atoms with van der Waals surface area (Å²) < 4.78 is 10.8. The van der Waals surface area contributed by atoms with E-state index in [1.54, 1.807) is 48.5 Å². The number of amides is 2. The molecule has 1 fully saturated rings. The highest BCUT2D eigenvalue weighted by molar-refractivity contribution is 8.19. The van der Waals surface area contributed by atoms with Crippen molar-refractivity contribution in [2.24, 2.45) is 0 Å². The maximum Gasteiger partial charge on any atom is 0.341 e. The maximum atomic E-state index is 12.9. The van der Waals surface area contributed by atoms with Gasteiger partial charge in [0.05, 0.1) is 17.2 Å². The third-order valence-electron chi connectivity index (χ3n) is 3.76. The Labute approximate surface area is 165 Å². The van der Waals surface area contributed by atoms with E-state index in [1.165, 1.54) is 6.08 Å². The molecule has 2 amide bonds. The highest BCUT2D eigenvalue weighted by Crippen LogP contribution is 2.40. The molecule has 8 heteroatoms. The van der Waals surface area contributed by atoms with E-state index in [1.807, 2.05) is 6.92 Å². The van der Waals surface area contributed by atoms with Gasteiger partial charge in [-0.2, -0.15) is 0 Å². The number of ether oxygens (including phenoxy) is 2. The van der Waals surface area contributed by atoms with Crippen molar-refractivity contribution in [2.45, 2.75) is 6.92 Å². The first kappa shape index (κ1) is 19.5. The molecule has 1 N–H and O–H groups in total. The number of benzene rings is 2. The second-order valence-electron chi connectivity index (χ2n) is 5.64. The smallest absolute Gasteiger partial charge is 0.341 e. The Morgan fingerprint density at radius 2 is 1.75 bits per heavy atom. The monoisotopic (exact) mass is 399 g/mol. The molecule has 1 heterocycles. The Balaban J connectivity index is 1.92. The first-order valence-corrected chi connectivity index (χ1v) is 9.26. The number of anilines is 1. The average Bonchev–Trinajstić information content (AvgIpc) is 2.95. The highest BCUT2D eigenvalue weighted by Gasteiger charge is 2.37. The third kappa shape index (κ3) is 4.17. The predicted octanol–water partition coefficient (Wildman–Crippen LogP) is 3.79. The van der Waals surface area contributed by atoms with E-state index < -0.39 is 23.7 Å². The van der Waals surface area contributed by atoms with Gasteiger partial charge in [-0.25, -0.2) is 9.69 Å². The Morgan fingerprint density at radius 3 is 2.46 bits per heavy atom. The van der Waals surface area contributed by atoms with Crippen molar-refractivity contribution >= 4 is 40.6 Å². The van der Waals surface area contributed by atoms with E-state index in [0.29, 0.717) is 29.4 Å². The number of nitrogens with zero attached hydrogens (tertiary/aromatic N) is 1. The third-order valence-corrected chi connectivity index (χ3v) is 4.63. The summed E-state index contributed by atoms with van der Waals surface area (Å²) in [6.07, 6.45) is 1.52. The van der Waals surface area contributed by atoms with E-state index in [0.717, 1.165) is 16.7 Å². The van der Waals surface area contributed by atoms with Crippen LogP contribution >= 0.6 is 11.8 Å². The van der Waals surface area contributed by atoms with Crippen LogP contribution in [0.1, 0.15) is 12.5 Å². The van der Waals surface area contributed by atoms with E-state index >= 15 is 0 Å². The first-order valence-electron chi connectivity index (χ1n) is 8.44. The van der Waals surface area contributed by atoms with Gasteiger partial charge in [0.1, 0.15) is 11.5 Å². The largest absolute Gasteiger partial charge is 0.492 e. The zero-order valence-electron chi connectivity index (χ0n) is 15.0. The van der Waals surface area contributed by atoms with Crippen LogP contribution in [0.15, 0.2) is 53.4 Å². The number of carbonyl (C=O) groups excluding carboxylic acids is 2. The summed E-state index contributed by atoms with van der Waals surface area (Å²) in [7, 11) is 0. The van der Waals surface area contributed by atoms with E-state index in [2.05, 4.69) is 0 Å². The normalized spacial score (nSPS) is 15.2. The topological polar surface area (TPSA) is 93.1 Å². The molecule has 0 atom stereocenters. The summed E-state index contributed by atoms with van der Waals surface area (Å²) in [5.74, 6) is -0.831. The number of carboxylic acids is 1. The van der Waals surface area contributed by atoms with Gasteiger partial charge in [-0.15, -0.1) is 0 Å². The van der Waals surface area contributed by atoms with Gasteiger partial charge in [0, 0.05) is 5.56 Å². The summed E-state index contributed by atoms with van der Waals surface area (Å²) in [5.41, 5.74) is 0.887. The fourth-order valence-corrected chi connectivity index (χ4v) is 3.43. The highest BCUT2D eigenvalue weighted by atomic mass is 32.2. The van der Waals surface area contributed by atoms with Crippen molar-refractivity contribution in [1.29, 1.82) is 0 Å². The van der Waals surface area contributed by atoms with Gasteiger partial charge in [-0.1, -0.05) is 30.3 Å². The molecule has 0 aromatic heterocycles. The second kappa shape index (κ2) is 8.62. The quantitative estimate of drug-likeness (QED) is 0.708. The molecule has 0 radical (unpaired) electrons. The van der Waals surface area contributed by atoms with Crippen LogP contribution in [0.4, 0.5) is 10.5 Å².